The molecule has 0 aromatic carbocycles. The number of hydrogen-bond donors (Lipinski definition) is 1. The minimum atomic E-state index is -1.10. The van der Waals surface area contributed by atoms with Crippen LogP contribution in [0.1, 0.15) is 36.8 Å². The number of amides is 1. The molecule has 1 saturated carbocycles. The maximum atomic E-state index is 13.5. The molecule has 0 atom stereocenters. The molecule has 1 N–H and O–H groups in total. The zero-order valence-electron chi connectivity index (χ0n) is 18.2. The molecule has 1 aliphatic carbocycles. The zero-order chi connectivity index (χ0) is 21.4. The van der Waals surface area contributed by atoms with Gasteiger partial charge in [0.15, 0.2) is 5.65 Å². The Balaban J connectivity index is 1.35. The maximum absolute atomic E-state index is 13.5. The minimum absolute atomic E-state index is 0.250. The molecule has 0 radical (unpaired) electrons. The van der Waals surface area contributed by atoms with Crippen molar-refractivity contribution < 1.29 is 4.79 Å². The van der Waals surface area contributed by atoms with Gasteiger partial charge in [0.05, 0.1) is 17.3 Å². The number of nitrogens with one attached hydrogen (secondary N) is 1. The van der Waals surface area contributed by atoms with Crippen LogP contribution in [0.4, 0.5) is 17.5 Å². The van der Waals surface area contributed by atoms with Gasteiger partial charge >= 0.3 is 0 Å². The fraction of sp³-hybridized carbons (Fsp3) is 0.500. The van der Waals surface area contributed by atoms with Gasteiger partial charge in [0.25, 0.3) is 0 Å². The van der Waals surface area contributed by atoms with Crippen LogP contribution in [0.2, 0.25) is 25.2 Å². The standard InChI is InChI=1S/C22H27N7OSi/c1-14-10-18-24-13-25-28(18)12-17(14)26-21-23-11-16-19(27-21)29(20(30)22(16)6-7-22)15-4-8-31(2,3)9-5-15/h10-13,15H,4-9H2,1-3H3,(H,23,26,27)/q-1. The summed E-state index contributed by atoms with van der Waals surface area (Å²) in [5.41, 5.74) is 3.38. The zero-order valence-corrected chi connectivity index (χ0v) is 19.2. The fourth-order valence-electron chi connectivity index (χ4n) is 5.19. The molecule has 3 aromatic heterocycles. The first kappa shape index (κ1) is 18.9. The van der Waals surface area contributed by atoms with Crippen LogP contribution >= 0.6 is 0 Å². The van der Waals surface area contributed by atoms with Gasteiger partial charge in [-0.25, -0.2) is 14.5 Å². The Morgan fingerprint density at radius 2 is 1.97 bits per heavy atom. The van der Waals surface area contributed by atoms with Crippen molar-refractivity contribution in [1.29, 1.82) is 0 Å². The number of aromatic nitrogens is 5. The molecule has 3 aromatic rings. The van der Waals surface area contributed by atoms with Crippen LogP contribution in [-0.4, -0.2) is 44.6 Å². The van der Waals surface area contributed by atoms with E-state index in [0.29, 0.717) is 5.95 Å². The van der Waals surface area contributed by atoms with E-state index in [-0.39, 0.29) is 17.4 Å². The molecular formula is C22H27N7OSi-. The number of pyridine rings is 1. The van der Waals surface area contributed by atoms with Crippen LogP contribution in [0.15, 0.2) is 24.8 Å². The number of anilines is 3. The van der Waals surface area contributed by atoms with E-state index >= 15 is 0 Å². The monoisotopic (exact) mass is 433 g/mol. The molecule has 1 amide bonds. The Morgan fingerprint density at radius 3 is 2.71 bits per heavy atom. The van der Waals surface area contributed by atoms with Crippen molar-refractivity contribution in [2.75, 3.05) is 10.2 Å². The van der Waals surface area contributed by atoms with E-state index in [9.17, 15) is 4.79 Å². The van der Waals surface area contributed by atoms with Gasteiger partial charge in [-0.3, -0.25) is 9.69 Å². The van der Waals surface area contributed by atoms with E-state index in [4.69, 9.17) is 4.98 Å². The van der Waals surface area contributed by atoms with Gasteiger partial charge in [0.1, 0.15) is 12.1 Å². The summed E-state index contributed by atoms with van der Waals surface area (Å²) in [4.78, 5) is 29.2. The van der Waals surface area contributed by atoms with Crippen molar-refractivity contribution in [1.82, 2.24) is 24.6 Å². The highest BCUT2D eigenvalue weighted by Gasteiger charge is 2.61. The van der Waals surface area contributed by atoms with Gasteiger partial charge in [-0.2, -0.15) is 35.3 Å². The van der Waals surface area contributed by atoms with Gasteiger partial charge in [-0.1, -0.05) is 12.8 Å². The first-order valence-electron chi connectivity index (χ1n) is 11.1. The van der Waals surface area contributed by atoms with Gasteiger partial charge < -0.3 is 5.32 Å². The topological polar surface area (TPSA) is 88.3 Å². The number of rotatable bonds is 3. The van der Waals surface area contributed by atoms with E-state index in [2.05, 4.69) is 33.5 Å². The Bertz CT molecular complexity index is 1210. The Morgan fingerprint density at radius 1 is 1.19 bits per heavy atom. The molecule has 0 unspecified atom stereocenters. The van der Waals surface area contributed by atoms with Crippen LogP contribution in [-0.2, 0) is 10.2 Å². The molecule has 2 aliphatic heterocycles. The van der Waals surface area contributed by atoms with Crippen LogP contribution < -0.4 is 10.2 Å². The highest BCUT2D eigenvalue weighted by Crippen LogP contribution is 2.58. The van der Waals surface area contributed by atoms with Gasteiger partial charge in [-0.05, 0) is 31.4 Å². The van der Waals surface area contributed by atoms with E-state index in [1.54, 1.807) is 4.52 Å². The lowest BCUT2D eigenvalue weighted by Crippen LogP contribution is -2.46. The summed E-state index contributed by atoms with van der Waals surface area (Å²) in [5.74, 6) is 1.59. The predicted molar refractivity (Wildman–Crippen MR) is 122 cm³/mol. The van der Waals surface area contributed by atoms with Crippen molar-refractivity contribution in [3.8, 4) is 0 Å². The second kappa shape index (κ2) is 6.35. The summed E-state index contributed by atoms with van der Waals surface area (Å²) in [7, 11) is -1.10. The van der Waals surface area contributed by atoms with Crippen molar-refractivity contribution >= 4 is 37.1 Å². The first-order valence-corrected chi connectivity index (χ1v) is 14.6. The molecule has 0 bridgehead atoms. The summed E-state index contributed by atoms with van der Waals surface area (Å²) < 4.78 is 1.73. The second-order valence-electron chi connectivity index (χ2n) is 10.1. The van der Waals surface area contributed by atoms with Crippen molar-refractivity contribution in [3.63, 3.8) is 0 Å². The van der Waals surface area contributed by atoms with Gasteiger partial charge in [0.2, 0.25) is 11.9 Å². The quantitative estimate of drug-likeness (QED) is 0.632. The van der Waals surface area contributed by atoms with Crippen molar-refractivity contribution in [2.45, 2.75) is 69.2 Å². The van der Waals surface area contributed by atoms with E-state index < -0.39 is 8.07 Å². The molecule has 6 rings (SSSR count). The Hall–Kier alpha value is -2.81. The molecule has 31 heavy (non-hydrogen) atoms. The predicted octanol–water partition coefficient (Wildman–Crippen LogP) is 3.82. The Kier molecular flexibility index (Phi) is 3.87. The van der Waals surface area contributed by atoms with Crippen LogP contribution in [0.25, 0.3) is 5.65 Å². The van der Waals surface area contributed by atoms with Crippen molar-refractivity contribution in [2.24, 2.45) is 0 Å². The van der Waals surface area contributed by atoms with Gasteiger partial charge in [0, 0.05) is 17.8 Å². The summed E-state index contributed by atoms with van der Waals surface area (Å²) in [6, 6.07) is 4.79. The molecule has 2 fully saturated rings. The third-order valence-corrected chi connectivity index (χ3v) is 10.7. The lowest BCUT2D eigenvalue weighted by molar-refractivity contribution is -0.120. The third-order valence-electron chi connectivity index (χ3n) is 7.43. The van der Waals surface area contributed by atoms with Crippen LogP contribution in [0.3, 0.4) is 0 Å². The van der Waals surface area contributed by atoms with E-state index in [0.717, 1.165) is 54.0 Å². The maximum Gasteiger partial charge on any atom is 0.239 e. The first-order chi connectivity index (χ1) is 14.9. The van der Waals surface area contributed by atoms with Gasteiger partial charge in [-0.15, -0.1) is 8.07 Å². The third kappa shape index (κ3) is 2.89. The molecule has 161 valence electrons. The molecule has 9 heteroatoms. The smallest absolute Gasteiger partial charge is 0.239 e. The summed E-state index contributed by atoms with van der Waals surface area (Å²) >= 11 is 0. The molecule has 1 saturated heterocycles. The van der Waals surface area contributed by atoms with Crippen molar-refractivity contribution in [3.05, 3.63) is 35.9 Å². The Labute approximate surface area is 182 Å². The number of carbonyl (C=O) groups excluding carboxylic acids is 1. The molecule has 8 nitrogen and oxygen atoms in total. The lowest BCUT2D eigenvalue weighted by atomic mass is 10.0. The minimum Gasteiger partial charge on any atom is -0.323 e. The number of aryl methyl sites for hydroxylation is 1. The number of carbonyl (C=O) groups is 1. The summed E-state index contributed by atoms with van der Waals surface area (Å²) in [6.07, 6.45) is 9.33. The molecule has 1 spiro atoms. The van der Waals surface area contributed by atoms with E-state index in [1.165, 1.54) is 18.4 Å². The highest BCUT2D eigenvalue weighted by molar-refractivity contribution is 6.77. The SMILES string of the molecule is Cc1cc2ncnn2cc1Nc1ncc2c(n1)N(C1CC[Si-](C)(C)CC1)C(=O)C21CC1. The van der Waals surface area contributed by atoms with Crippen LogP contribution in [0, 0.1) is 6.92 Å². The average molecular weight is 434 g/mol. The molecular weight excluding hydrogens is 406 g/mol. The summed E-state index contributed by atoms with van der Waals surface area (Å²) in [5, 5.41) is 7.56. The lowest BCUT2D eigenvalue weighted by Gasteiger charge is -2.44. The van der Waals surface area contributed by atoms with Crippen LogP contribution in [0.5, 0.6) is 0 Å². The normalized spacial score (nSPS) is 21.6. The highest BCUT2D eigenvalue weighted by atomic mass is 28.3. The summed E-state index contributed by atoms with van der Waals surface area (Å²) in [6.45, 7) is 6.95. The molecule has 5 heterocycles. The number of hydrogen-bond acceptors (Lipinski definition) is 6. The number of nitrogens with zero attached hydrogens (tertiary/aromatic N) is 6. The molecule has 3 aliphatic rings. The second-order valence-corrected chi connectivity index (χ2v) is 15.5. The average Bonchev–Trinajstić information content (AvgIpc) is 3.36. The van der Waals surface area contributed by atoms with E-state index in [1.807, 2.05) is 30.3 Å². The fourth-order valence-corrected chi connectivity index (χ4v) is 7.67. The number of fused-ring (bicyclic) bond motifs is 3. The largest absolute Gasteiger partial charge is 0.323 e.